The third-order valence-corrected chi connectivity index (χ3v) is 2.90. The van der Waals surface area contributed by atoms with Crippen LogP contribution in [-0.4, -0.2) is 19.4 Å². The molecule has 1 atom stereocenters. The van der Waals surface area contributed by atoms with Crippen molar-refractivity contribution in [3.8, 4) is 0 Å². The van der Waals surface area contributed by atoms with Crippen LogP contribution in [0.1, 0.15) is 65.7 Å². The Labute approximate surface area is 106 Å². The van der Waals surface area contributed by atoms with Crippen LogP contribution >= 0.6 is 0 Å². The number of ether oxygens (including phenoxy) is 2. The van der Waals surface area contributed by atoms with E-state index in [0.717, 1.165) is 19.3 Å². The minimum Gasteiger partial charge on any atom is -0.434 e. The topological polar surface area (TPSA) is 35.5 Å². The Bertz CT molecular complexity index is 180. The van der Waals surface area contributed by atoms with E-state index in [2.05, 4.69) is 20.8 Å². The largest absolute Gasteiger partial charge is 0.508 e. The van der Waals surface area contributed by atoms with Gasteiger partial charge in [0.1, 0.15) is 0 Å². The van der Waals surface area contributed by atoms with Crippen molar-refractivity contribution in [3.63, 3.8) is 0 Å². The second kappa shape index (κ2) is 11.7. The predicted octanol–water partition coefficient (Wildman–Crippen LogP) is 4.55. The highest BCUT2D eigenvalue weighted by Gasteiger charge is 2.06. The molecule has 0 aliphatic rings. The van der Waals surface area contributed by atoms with E-state index in [1.165, 1.54) is 25.7 Å². The molecule has 3 heteroatoms. The van der Waals surface area contributed by atoms with Gasteiger partial charge in [0.05, 0.1) is 13.2 Å². The van der Waals surface area contributed by atoms with Crippen LogP contribution in [0.15, 0.2) is 0 Å². The quantitative estimate of drug-likeness (QED) is 0.418. The predicted molar refractivity (Wildman–Crippen MR) is 70.1 cm³/mol. The van der Waals surface area contributed by atoms with Crippen LogP contribution in [0.5, 0.6) is 0 Å². The number of rotatable bonds is 10. The maximum atomic E-state index is 11.2. The van der Waals surface area contributed by atoms with Gasteiger partial charge in [0.25, 0.3) is 0 Å². The summed E-state index contributed by atoms with van der Waals surface area (Å²) in [7, 11) is 0. The fraction of sp³-hybridized carbons (Fsp3) is 0.929. The fourth-order valence-electron chi connectivity index (χ4n) is 1.41. The van der Waals surface area contributed by atoms with Gasteiger partial charge in [0.2, 0.25) is 0 Å². The van der Waals surface area contributed by atoms with E-state index in [0.29, 0.717) is 19.1 Å². The van der Waals surface area contributed by atoms with Crippen LogP contribution < -0.4 is 0 Å². The Morgan fingerprint density at radius 2 is 1.65 bits per heavy atom. The zero-order valence-corrected chi connectivity index (χ0v) is 11.7. The first-order valence-corrected chi connectivity index (χ1v) is 7.00. The van der Waals surface area contributed by atoms with E-state index < -0.39 is 6.16 Å². The molecule has 0 N–H and O–H groups in total. The Hall–Kier alpha value is -0.730. The molecule has 0 heterocycles. The molecule has 3 nitrogen and oxygen atoms in total. The van der Waals surface area contributed by atoms with Crippen molar-refractivity contribution in [1.29, 1.82) is 0 Å². The Balaban J connectivity index is 3.22. The van der Waals surface area contributed by atoms with E-state index in [-0.39, 0.29) is 0 Å². The highest BCUT2D eigenvalue weighted by molar-refractivity contribution is 5.59. The summed E-state index contributed by atoms with van der Waals surface area (Å²) in [5, 5.41) is 0. The van der Waals surface area contributed by atoms with E-state index in [1.54, 1.807) is 0 Å². The number of hydrogen-bond donors (Lipinski definition) is 0. The molecule has 0 aromatic rings. The van der Waals surface area contributed by atoms with Crippen molar-refractivity contribution in [2.24, 2.45) is 5.92 Å². The molecule has 0 radical (unpaired) electrons. The molecule has 102 valence electrons. The molecule has 0 saturated carbocycles. The highest BCUT2D eigenvalue weighted by atomic mass is 16.7. The van der Waals surface area contributed by atoms with Gasteiger partial charge >= 0.3 is 6.16 Å². The van der Waals surface area contributed by atoms with Gasteiger partial charge in [-0.15, -0.1) is 0 Å². The smallest absolute Gasteiger partial charge is 0.434 e. The molecule has 0 bridgehead atoms. The third-order valence-electron chi connectivity index (χ3n) is 2.90. The standard InChI is InChI=1S/C14H28O3/c1-4-6-7-8-9-10-11-16-14(15)17-12-13(3)5-2/h13H,4-12H2,1-3H3. The first kappa shape index (κ1) is 16.3. The zero-order chi connectivity index (χ0) is 12.9. The van der Waals surface area contributed by atoms with E-state index in [9.17, 15) is 4.79 Å². The lowest BCUT2D eigenvalue weighted by Gasteiger charge is -2.09. The molecule has 0 rings (SSSR count). The van der Waals surface area contributed by atoms with Gasteiger partial charge in [-0.1, -0.05) is 59.3 Å². The molecule has 0 aromatic heterocycles. The fourth-order valence-corrected chi connectivity index (χ4v) is 1.41. The molecule has 1 unspecified atom stereocenters. The van der Waals surface area contributed by atoms with Crippen LogP contribution in [0.2, 0.25) is 0 Å². The number of carbonyl (C=O) groups is 1. The maximum Gasteiger partial charge on any atom is 0.508 e. The number of hydrogen-bond acceptors (Lipinski definition) is 3. The first-order valence-electron chi connectivity index (χ1n) is 7.00. The van der Waals surface area contributed by atoms with Gasteiger partial charge in [-0.05, 0) is 12.3 Å². The summed E-state index contributed by atoms with van der Waals surface area (Å²) in [6.45, 7) is 7.30. The van der Waals surface area contributed by atoms with Crippen LogP contribution in [-0.2, 0) is 9.47 Å². The van der Waals surface area contributed by atoms with Crippen LogP contribution in [0, 0.1) is 5.92 Å². The van der Waals surface area contributed by atoms with Crippen molar-refractivity contribution in [2.75, 3.05) is 13.2 Å². The summed E-state index contributed by atoms with van der Waals surface area (Å²) >= 11 is 0. The molecule has 0 aliphatic heterocycles. The lowest BCUT2D eigenvalue weighted by atomic mass is 10.1. The molecule has 17 heavy (non-hydrogen) atoms. The molecule has 0 saturated heterocycles. The van der Waals surface area contributed by atoms with Crippen molar-refractivity contribution in [3.05, 3.63) is 0 Å². The average Bonchev–Trinajstić information content (AvgIpc) is 2.34. The molecule has 0 spiro atoms. The molecular weight excluding hydrogens is 216 g/mol. The second-order valence-corrected chi connectivity index (χ2v) is 4.69. The summed E-state index contributed by atoms with van der Waals surface area (Å²) in [5.41, 5.74) is 0. The number of carbonyl (C=O) groups excluding carboxylic acids is 1. The normalized spacial score (nSPS) is 12.2. The summed E-state index contributed by atoms with van der Waals surface area (Å²) in [6.07, 6.45) is 7.68. The first-order chi connectivity index (χ1) is 8.20. The second-order valence-electron chi connectivity index (χ2n) is 4.69. The van der Waals surface area contributed by atoms with Crippen molar-refractivity contribution < 1.29 is 14.3 Å². The SMILES string of the molecule is CCCCCCCCOC(=O)OCC(C)CC. The van der Waals surface area contributed by atoms with E-state index in [1.807, 2.05) is 0 Å². The minimum absolute atomic E-state index is 0.414. The third kappa shape index (κ3) is 11.5. The minimum atomic E-state index is -0.515. The van der Waals surface area contributed by atoms with Gasteiger partial charge < -0.3 is 9.47 Å². The molecule has 0 aliphatic carbocycles. The molecular formula is C14H28O3. The Morgan fingerprint density at radius 1 is 1.00 bits per heavy atom. The van der Waals surface area contributed by atoms with Gasteiger partial charge in [-0.25, -0.2) is 4.79 Å². The summed E-state index contributed by atoms with van der Waals surface area (Å²) in [4.78, 5) is 11.2. The van der Waals surface area contributed by atoms with Crippen molar-refractivity contribution in [1.82, 2.24) is 0 Å². The summed E-state index contributed by atoms with van der Waals surface area (Å²) in [5.74, 6) is 0.414. The van der Waals surface area contributed by atoms with Crippen LogP contribution in [0.4, 0.5) is 4.79 Å². The highest BCUT2D eigenvalue weighted by Crippen LogP contribution is 2.06. The van der Waals surface area contributed by atoms with Crippen LogP contribution in [0.25, 0.3) is 0 Å². The monoisotopic (exact) mass is 244 g/mol. The van der Waals surface area contributed by atoms with E-state index >= 15 is 0 Å². The molecule has 0 amide bonds. The van der Waals surface area contributed by atoms with Gasteiger partial charge in [-0.3, -0.25) is 0 Å². The maximum absolute atomic E-state index is 11.2. The lowest BCUT2D eigenvalue weighted by Crippen LogP contribution is -2.13. The summed E-state index contributed by atoms with van der Waals surface area (Å²) in [6, 6.07) is 0. The molecule has 0 aromatic carbocycles. The molecule has 0 fully saturated rings. The zero-order valence-electron chi connectivity index (χ0n) is 11.7. The van der Waals surface area contributed by atoms with Gasteiger partial charge in [-0.2, -0.15) is 0 Å². The van der Waals surface area contributed by atoms with Crippen LogP contribution in [0.3, 0.4) is 0 Å². The Morgan fingerprint density at radius 3 is 2.29 bits per heavy atom. The lowest BCUT2D eigenvalue weighted by molar-refractivity contribution is 0.0445. The van der Waals surface area contributed by atoms with Gasteiger partial charge in [0, 0.05) is 0 Å². The van der Waals surface area contributed by atoms with Crippen molar-refractivity contribution in [2.45, 2.75) is 65.7 Å². The Kier molecular flexibility index (Phi) is 11.2. The van der Waals surface area contributed by atoms with Gasteiger partial charge in [0.15, 0.2) is 0 Å². The number of unbranched alkanes of at least 4 members (excludes halogenated alkanes) is 5. The van der Waals surface area contributed by atoms with Crippen molar-refractivity contribution >= 4 is 6.16 Å². The van der Waals surface area contributed by atoms with E-state index in [4.69, 9.17) is 9.47 Å². The average molecular weight is 244 g/mol. The summed E-state index contributed by atoms with van der Waals surface area (Å²) < 4.78 is 9.96.